The zero-order valence-electron chi connectivity index (χ0n) is 27.0. The minimum atomic E-state index is -1.71. The molecule has 38 heavy (non-hydrogen) atoms. The summed E-state index contributed by atoms with van der Waals surface area (Å²) in [6.07, 6.45) is 13.4. The van der Waals surface area contributed by atoms with Gasteiger partial charge in [-0.15, -0.1) is 0 Å². The monoisotopic (exact) mass is 624 g/mol. The molecule has 0 saturated heterocycles. The lowest BCUT2D eigenvalue weighted by Crippen LogP contribution is -2.09. The van der Waals surface area contributed by atoms with Gasteiger partial charge in [-0.2, -0.15) is 0 Å². The topological polar surface area (TPSA) is 118 Å². The van der Waals surface area contributed by atoms with Crippen LogP contribution in [0.5, 0.6) is 0 Å². The van der Waals surface area contributed by atoms with E-state index in [0.717, 1.165) is 87.7 Å². The fourth-order valence-corrected chi connectivity index (χ4v) is 8.30. The van der Waals surface area contributed by atoms with E-state index in [9.17, 15) is 16.8 Å². The number of hydrogen-bond donors (Lipinski definition) is 0. The Kier molecular flexibility index (Phi) is 31.8. The number of nitrogens with zero attached hydrogens (tertiary/aromatic N) is 4. The summed E-state index contributed by atoms with van der Waals surface area (Å²) >= 11 is 0. The first kappa shape index (κ1) is 44.8. The van der Waals surface area contributed by atoms with Gasteiger partial charge in [0.1, 0.15) is 0 Å². The van der Waals surface area contributed by atoms with Gasteiger partial charge >= 0.3 is 0 Å². The van der Waals surface area contributed by atoms with E-state index < -0.39 is 38.9 Å². The second-order valence-electron chi connectivity index (χ2n) is 8.19. The molecule has 4 aliphatic rings. The zero-order chi connectivity index (χ0) is 30.7. The lowest BCUT2D eigenvalue weighted by molar-refractivity contribution is 0.662. The van der Waals surface area contributed by atoms with Gasteiger partial charge in [0.2, 0.25) is 0 Å². The third kappa shape index (κ3) is 30.3. The minimum Gasteiger partial charge on any atom is -0.250 e. The van der Waals surface area contributed by atoms with Gasteiger partial charge in [-0.05, 0) is 38.5 Å². The fourth-order valence-electron chi connectivity index (χ4n) is 2.92. The summed E-state index contributed by atoms with van der Waals surface area (Å²) in [4.78, 5) is 0. The SMILES string of the molecule is CC.CC.CC.CC.C[S@@]1(=O)=NCCC1.C[S@@]1(=O)=NCCCC1.C[S@]1(=O)=NCCC1.C[S@]1(=O)=NCCCC1. The molecule has 0 spiro atoms. The smallest absolute Gasteiger partial charge is 0.0493 e. The molecule has 0 aromatic rings. The first-order valence-corrected chi connectivity index (χ1v) is 22.8. The van der Waals surface area contributed by atoms with Crippen molar-refractivity contribution < 1.29 is 16.8 Å². The van der Waals surface area contributed by atoms with Crippen molar-refractivity contribution in [3.8, 4) is 0 Å². The predicted molar refractivity (Wildman–Crippen MR) is 178 cm³/mol. The molecule has 0 fully saturated rings. The average Bonchev–Trinajstić information content (AvgIpc) is 3.51. The van der Waals surface area contributed by atoms with Crippen LogP contribution in [-0.2, 0) is 38.9 Å². The Morgan fingerprint density at radius 2 is 0.526 bits per heavy atom. The Morgan fingerprint density at radius 1 is 0.342 bits per heavy atom. The minimum absolute atomic E-state index is 0.812. The molecule has 0 N–H and O–H groups in total. The summed E-state index contributed by atoms with van der Waals surface area (Å²) in [5.41, 5.74) is 0. The van der Waals surface area contributed by atoms with Crippen molar-refractivity contribution in [3.63, 3.8) is 0 Å². The van der Waals surface area contributed by atoms with Crippen LogP contribution in [0.3, 0.4) is 0 Å². The van der Waals surface area contributed by atoms with E-state index in [1.54, 1.807) is 25.0 Å². The van der Waals surface area contributed by atoms with Gasteiger partial charge in [0.05, 0.1) is 0 Å². The number of rotatable bonds is 0. The van der Waals surface area contributed by atoms with Crippen molar-refractivity contribution in [2.45, 2.75) is 93.9 Å². The van der Waals surface area contributed by atoms with Gasteiger partial charge in [-0.3, -0.25) is 16.8 Å². The highest BCUT2D eigenvalue weighted by molar-refractivity contribution is 7.93. The second kappa shape index (κ2) is 27.0. The third-order valence-corrected chi connectivity index (χ3v) is 11.8. The van der Waals surface area contributed by atoms with E-state index in [1.807, 2.05) is 55.4 Å². The van der Waals surface area contributed by atoms with Crippen molar-refractivity contribution in [1.29, 1.82) is 0 Å². The molecule has 4 aliphatic heterocycles. The standard InChI is InChI=1S/2C5H11NOS.2C4H9NOS.4C2H6/c2*1-8(7)5-3-2-4-6-8;2*1-7(6)4-2-3-5-7;4*1-2/h2*2-5H2,1H3;2*2-4H2,1H3;4*1-2H3/t2*8-;2*7-;;;;/m1010..../s1. The van der Waals surface area contributed by atoms with Gasteiger partial charge in [-0.1, -0.05) is 55.4 Å². The van der Waals surface area contributed by atoms with Crippen LogP contribution in [0.1, 0.15) is 93.9 Å². The van der Waals surface area contributed by atoms with Crippen LogP contribution in [0.15, 0.2) is 17.5 Å². The first-order chi connectivity index (χ1) is 17.8. The summed E-state index contributed by atoms with van der Waals surface area (Å²) in [6, 6.07) is 0. The molecule has 0 aliphatic carbocycles. The summed E-state index contributed by atoms with van der Waals surface area (Å²) in [6.45, 7) is 19.3. The van der Waals surface area contributed by atoms with E-state index in [2.05, 4.69) is 17.5 Å². The van der Waals surface area contributed by atoms with Gasteiger partial charge in [-0.25, -0.2) is 17.5 Å². The predicted octanol–water partition coefficient (Wildman–Crippen LogP) is 6.84. The first-order valence-electron chi connectivity index (χ1n) is 14.4. The van der Waals surface area contributed by atoms with Crippen LogP contribution < -0.4 is 0 Å². The van der Waals surface area contributed by atoms with E-state index >= 15 is 0 Å². The molecule has 12 heteroatoms. The lowest BCUT2D eigenvalue weighted by Gasteiger charge is -2.08. The van der Waals surface area contributed by atoms with E-state index in [0.29, 0.717) is 0 Å². The molecule has 0 amide bonds. The molecule has 8 nitrogen and oxygen atoms in total. The molecule has 0 aromatic carbocycles. The molecule has 0 unspecified atom stereocenters. The Labute approximate surface area is 240 Å². The molecule has 0 saturated carbocycles. The van der Waals surface area contributed by atoms with Crippen LogP contribution in [-0.4, -0.2) is 91.0 Å². The average molecular weight is 625 g/mol. The van der Waals surface area contributed by atoms with Gasteiger partial charge in [0.15, 0.2) is 0 Å². The maximum atomic E-state index is 11.0. The highest BCUT2D eigenvalue weighted by Crippen LogP contribution is 2.06. The summed E-state index contributed by atoms with van der Waals surface area (Å²) in [5.74, 6) is 3.25. The van der Waals surface area contributed by atoms with E-state index in [-0.39, 0.29) is 0 Å². The Hall–Kier alpha value is -0.200. The van der Waals surface area contributed by atoms with Crippen molar-refractivity contribution in [2.75, 3.05) is 74.2 Å². The zero-order valence-corrected chi connectivity index (χ0v) is 30.2. The Bertz CT molecular complexity index is 942. The normalized spacial score (nSPS) is 31.9. The maximum absolute atomic E-state index is 11.0. The van der Waals surface area contributed by atoms with Crippen molar-refractivity contribution in [1.82, 2.24) is 0 Å². The maximum Gasteiger partial charge on any atom is 0.0493 e. The summed E-state index contributed by atoms with van der Waals surface area (Å²) in [7, 11) is -6.76. The molecule has 0 bridgehead atoms. The molecule has 4 atom stereocenters. The van der Waals surface area contributed by atoms with Crippen LogP contribution in [0.4, 0.5) is 0 Å². The Morgan fingerprint density at radius 3 is 0.579 bits per heavy atom. The highest BCUT2D eigenvalue weighted by Gasteiger charge is 2.07. The molecule has 0 radical (unpaired) electrons. The van der Waals surface area contributed by atoms with Crippen LogP contribution in [0, 0.1) is 0 Å². The third-order valence-electron chi connectivity index (χ3n) is 4.68. The molecule has 4 heterocycles. The van der Waals surface area contributed by atoms with Crippen LogP contribution in [0.2, 0.25) is 0 Å². The molecule has 236 valence electrons. The molecular weight excluding hydrogens is 561 g/mol. The number of hydrogen-bond acceptors (Lipinski definition) is 8. The summed E-state index contributed by atoms with van der Waals surface area (Å²) in [5, 5.41) is 0. The lowest BCUT2D eigenvalue weighted by atomic mass is 10.3. The van der Waals surface area contributed by atoms with E-state index in [1.165, 1.54) is 0 Å². The second-order valence-corrected chi connectivity index (χ2v) is 18.5. The van der Waals surface area contributed by atoms with Gasteiger partial charge < -0.3 is 0 Å². The highest BCUT2D eigenvalue weighted by atomic mass is 32.2. The molecular formula is C26H64N4O4S4. The Balaban J connectivity index is -0.000000186. The van der Waals surface area contributed by atoms with E-state index in [4.69, 9.17) is 0 Å². The van der Waals surface area contributed by atoms with Gasteiger partial charge in [0.25, 0.3) is 0 Å². The van der Waals surface area contributed by atoms with Crippen molar-refractivity contribution >= 4 is 38.9 Å². The van der Waals surface area contributed by atoms with Crippen LogP contribution >= 0.6 is 0 Å². The fraction of sp³-hybridized carbons (Fsp3) is 1.00. The molecule has 0 aromatic heterocycles. The van der Waals surface area contributed by atoms with Crippen LogP contribution in [0.25, 0.3) is 0 Å². The summed E-state index contributed by atoms with van der Waals surface area (Å²) < 4.78 is 59.5. The van der Waals surface area contributed by atoms with Gasteiger partial charge in [0, 0.05) is 113 Å². The quantitative estimate of drug-likeness (QED) is 0.293. The van der Waals surface area contributed by atoms with Crippen molar-refractivity contribution in [2.24, 2.45) is 17.5 Å². The molecule has 4 rings (SSSR count). The van der Waals surface area contributed by atoms with Crippen molar-refractivity contribution in [3.05, 3.63) is 0 Å². The largest absolute Gasteiger partial charge is 0.250 e.